The number of amides is 2. The lowest BCUT2D eigenvalue weighted by atomic mass is 10.2. The van der Waals surface area contributed by atoms with Gasteiger partial charge in [-0.3, -0.25) is 0 Å². The molecule has 0 aliphatic rings. The highest BCUT2D eigenvalue weighted by atomic mass is 32.1. The number of aryl methyl sites for hydroxylation is 1. The number of hydrogen-bond acceptors (Lipinski definition) is 4. The topological polar surface area (TPSA) is 91.3 Å². The molecule has 6 nitrogen and oxygen atoms in total. The van der Waals surface area contributed by atoms with Crippen molar-refractivity contribution in [3.8, 4) is 0 Å². The summed E-state index contributed by atoms with van der Waals surface area (Å²) in [5, 5.41) is 15.0. The van der Waals surface area contributed by atoms with Gasteiger partial charge >= 0.3 is 12.0 Å². The third kappa shape index (κ3) is 4.80. The van der Waals surface area contributed by atoms with Gasteiger partial charge in [0.15, 0.2) is 0 Å². The second-order valence-electron chi connectivity index (χ2n) is 4.54. The fraction of sp³-hybridized carbons (Fsp3) is 0.615. The summed E-state index contributed by atoms with van der Waals surface area (Å²) in [6, 6.07) is -1.57. The predicted molar refractivity (Wildman–Crippen MR) is 77.9 cm³/mol. The molecule has 2 amide bonds. The van der Waals surface area contributed by atoms with E-state index >= 15 is 0 Å². The summed E-state index contributed by atoms with van der Waals surface area (Å²) >= 11 is 1.55. The van der Waals surface area contributed by atoms with Gasteiger partial charge in [0.05, 0.1) is 6.04 Å². The van der Waals surface area contributed by atoms with Crippen LogP contribution in [0.1, 0.15) is 49.5 Å². The number of nitrogens with one attached hydrogen (secondary N) is 2. The van der Waals surface area contributed by atoms with E-state index in [-0.39, 0.29) is 6.04 Å². The Morgan fingerprint density at radius 2 is 2.10 bits per heavy atom. The molecule has 112 valence electrons. The van der Waals surface area contributed by atoms with Crippen molar-refractivity contribution < 1.29 is 14.7 Å². The number of carbonyl (C=O) groups excluding carboxylic acids is 1. The van der Waals surface area contributed by atoms with Crippen LogP contribution in [0.2, 0.25) is 0 Å². The number of carboxylic acids is 1. The third-order valence-electron chi connectivity index (χ3n) is 2.82. The highest BCUT2D eigenvalue weighted by molar-refractivity contribution is 7.11. The average Bonchev–Trinajstić information content (AvgIpc) is 2.86. The van der Waals surface area contributed by atoms with Gasteiger partial charge in [0.1, 0.15) is 11.0 Å². The zero-order chi connectivity index (χ0) is 15.1. The van der Waals surface area contributed by atoms with E-state index in [9.17, 15) is 9.59 Å². The number of urea groups is 1. The minimum atomic E-state index is -1.02. The number of nitrogens with zero attached hydrogens (tertiary/aromatic N) is 1. The summed E-state index contributed by atoms with van der Waals surface area (Å²) in [5.74, 6) is -1.02. The Kier molecular flexibility index (Phi) is 6.44. The van der Waals surface area contributed by atoms with Gasteiger partial charge < -0.3 is 15.7 Å². The van der Waals surface area contributed by atoms with E-state index in [1.54, 1.807) is 17.5 Å². The van der Waals surface area contributed by atoms with Crippen molar-refractivity contribution in [2.75, 3.05) is 0 Å². The highest BCUT2D eigenvalue weighted by Crippen LogP contribution is 2.20. The second-order valence-corrected chi connectivity index (χ2v) is 5.68. The van der Waals surface area contributed by atoms with Crippen molar-refractivity contribution in [1.82, 2.24) is 15.6 Å². The smallest absolute Gasteiger partial charge is 0.326 e. The minimum Gasteiger partial charge on any atom is -0.480 e. The van der Waals surface area contributed by atoms with Crippen LogP contribution in [0.3, 0.4) is 0 Å². The molecule has 0 radical (unpaired) electrons. The number of carboxylic acid groups (broad SMARTS) is 1. The molecular formula is C13H21N3O3S. The SMILES string of the molecule is CCC[C@H](NC(=O)NC(C)c1ncc(CC)s1)C(=O)O. The van der Waals surface area contributed by atoms with Crippen LogP contribution in [-0.2, 0) is 11.2 Å². The monoisotopic (exact) mass is 299 g/mol. The van der Waals surface area contributed by atoms with Crippen LogP contribution in [0.15, 0.2) is 6.20 Å². The Bertz CT molecular complexity index is 461. The first-order chi connectivity index (χ1) is 9.47. The molecule has 1 rings (SSSR count). The lowest BCUT2D eigenvalue weighted by Crippen LogP contribution is -2.46. The summed E-state index contributed by atoms with van der Waals surface area (Å²) in [7, 11) is 0. The van der Waals surface area contributed by atoms with E-state index in [0.717, 1.165) is 16.3 Å². The molecule has 7 heteroatoms. The quantitative estimate of drug-likeness (QED) is 0.720. The van der Waals surface area contributed by atoms with Crippen molar-refractivity contribution in [3.63, 3.8) is 0 Å². The van der Waals surface area contributed by atoms with Gasteiger partial charge in [0.25, 0.3) is 0 Å². The van der Waals surface area contributed by atoms with Gasteiger partial charge in [-0.2, -0.15) is 0 Å². The van der Waals surface area contributed by atoms with Crippen LogP contribution in [-0.4, -0.2) is 28.1 Å². The van der Waals surface area contributed by atoms with Crippen LogP contribution in [0.25, 0.3) is 0 Å². The highest BCUT2D eigenvalue weighted by Gasteiger charge is 2.20. The van der Waals surface area contributed by atoms with E-state index in [2.05, 4.69) is 15.6 Å². The fourth-order valence-electron chi connectivity index (χ4n) is 1.69. The number of aliphatic carboxylic acids is 1. The molecule has 0 aromatic carbocycles. The van der Waals surface area contributed by atoms with Crippen LogP contribution >= 0.6 is 11.3 Å². The first kappa shape index (κ1) is 16.4. The first-order valence-electron chi connectivity index (χ1n) is 6.72. The summed E-state index contributed by atoms with van der Waals surface area (Å²) in [6.45, 7) is 5.75. The Morgan fingerprint density at radius 1 is 1.40 bits per heavy atom. The number of thiazole rings is 1. The van der Waals surface area contributed by atoms with E-state index in [0.29, 0.717) is 12.8 Å². The molecule has 1 heterocycles. The molecule has 2 atom stereocenters. The van der Waals surface area contributed by atoms with Gasteiger partial charge in [-0.1, -0.05) is 20.3 Å². The number of aromatic nitrogens is 1. The molecule has 1 aromatic rings. The zero-order valence-electron chi connectivity index (χ0n) is 12.0. The molecule has 0 saturated carbocycles. The summed E-state index contributed by atoms with van der Waals surface area (Å²) in [5.41, 5.74) is 0. The fourth-order valence-corrected chi connectivity index (χ4v) is 2.55. The Hall–Kier alpha value is -1.63. The number of carbonyl (C=O) groups is 2. The molecule has 20 heavy (non-hydrogen) atoms. The van der Waals surface area contributed by atoms with Crippen LogP contribution in [0.5, 0.6) is 0 Å². The molecule has 0 fully saturated rings. The van der Waals surface area contributed by atoms with Crippen LogP contribution < -0.4 is 10.6 Å². The van der Waals surface area contributed by atoms with Crippen LogP contribution in [0, 0.1) is 0 Å². The number of hydrogen-bond donors (Lipinski definition) is 3. The summed E-state index contributed by atoms with van der Waals surface area (Å²) in [4.78, 5) is 28.2. The minimum absolute atomic E-state index is 0.239. The van der Waals surface area contributed by atoms with E-state index in [1.165, 1.54) is 0 Å². The van der Waals surface area contributed by atoms with Crippen molar-refractivity contribution in [1.29, 1.82) is 0 Å². The molecule has 1 aromatic heterocycles. The van der Waals surface area contributed by atoms with Gasteiger partial charge in [-0.15, -0.1) is 11.3 Å². The van der Waals surface area contributed by atoms with E-state index in [4.69, 9.17) is 5.11 Å². The molecule has 0 spiro atoms. The average molecular weight is 299 g/mol. The van der Waals surface area contributed by atoms with Crippen LogP contribution in [0.4, 0.5) is 4.79 Å². The predicted octanol–water partition coefficient (Wildman–Crippen LogP) is 2.32. The summed E-state index contributed by atoms with van der Waals surface area (Å²) in [6.07, 6.45) is 3.81. The molecule has 3 N–H and O–H groups in total. The molecule has 0 bridgehead atoms. The third-order valence-corrected chi connectivity index (χ3v) is 4.14. The lowest BCUT2D eigenvalue weighted by Gasteiger charge is -2.16. The van der Waals surface area contributed by atoms with Crippen molar-refractivity contribution in [2.24, 2.45) is 0 Å². The maximum atomic E-state index is 11.8. The Balaban J connectivity index is 2.54. The second kappa shape index (κ2) is 7.84. The molecule has 1 unspecified atom stereocenters. The number of rotatable bonds is 7. The molecule has 0 saturated heterocycles. The van der Waals surface area contributed by atoms with Gasteiger partial charge in [-0.05, 0) is 19.8 Å². The lowest BCUT2D eigenvalue weighted by molar-refractivity contribution is -0.139. The standard InChI is InChI=1S/C13H21N3O3S/c1-4-6-10(12(17)18)16-13(19)15-8(3)11-14-7-9(5-2)20-11/h7-8,10H,4-6H2,1-3H3,(H,17,18)(H2,15,16,19)/t8?,10-/m0/s1. The Labute approximate surface area is 122 Å². The maximum absolute atomic E-state index is 11.8. The van der Waals surface area contributed by atoms with Crippen molar-refractivity contribution in [2.45, 2.75) is 52.1 Å². The molecule has 0 aliphatic heterocycles. The molecular weight excluding hydrogens is 278 g/mol. The van der Waals surface area contributed by atoms with Gasteiger partial charge in [-0.25, -0.2) is 14.6 Å². The summed E-state index contributed by atoms with van der Waals surface area (Å²) < 4.78 is 0. The van der Waals surface area contributed by atoms with Crippen molar-refractivity contribution >= 4 is 23.3 Å². The van der Waals surface area contributed by atoms with Gasteiger partial charge in [0, 0.05) is 11.1 Å². The van der Waals surface area contributed by atoms with Crippen molar-refractivity contribution in [3.05, 3.63) is 16.1 Å². The van der Waals surface area contributed by atoms with Gasteiger partial charge in [0.2, 0.25) is 0 Å². The largest absolute Gasteiger partial charge is 0.480 e. The first-order valence-corrected chi connectivity index (χ1v) is 7.54. The normalized spacial score (nSPS) is 13.6. The zero-order valence-corrected chi connectivity index (χ0v) is 12.8. The Morgan fingerprint density at radius 3 is 2.60 bits per heavy atom. The molecule has 0 aliphatic carbocycles. The van der Waals surface area contributed by atoms with E-state index < -0.39 is 18.0 Å². The van der Waals surface area contributed by atoms with E-state index in [1.807, 2.05) is 20.8 Å². The maximum Gasteiger partial charge on any atom is 0.326 e.